The molecule has 0 aromatic heterocycles. The van der Waals surface area contributed by atoms with Crippen LogP contribution in [-0.2, 0) is 28.0 Å². The van der Waals surface area contributed by atoms with Gasteiger partial charge >= 0.3 is 6.03 Å². The Bertz CT molecular complexity index is 1040. The van der Waals surface area contributed by atoms with Crippen LogP contribution in [0.2, 0.25) is 5.02 Å². The van der Waals surface area contributed by atoms with Crippen molar-refractivity contribution in [2.24, 2.45) is 0 Å². The number of amides is 4. The number of hydrogen-bond acceptors (Lipinski definition) is 3. The minimum Gasteiger partial charge on any atom is -0.324 e. The van der Waals surface area contributed by atoms with E-state index in [1.807, 2.05) is 38.1 Å². The van der Waals surface area contributed by atoms with Crippen molar-refractivity contribution in [3.05, 3.63) is 63.7 Å². The summed E-state index contributed by atoms with van der Waals surface area (Å²) in [5.41, 5.74) is 3.29. The predicted molar refractivity (Wildman–Crippen MR) is 111 cm³/mol. The van der Waals surface area contributed by atoms with Crippen LogP contribution in [0, 0.1) is 6.92 Å². The van der Waals surface area contributed by atoms with Crippen molar-refractivity contribution in [2.45, 2.75) is 38.6 Å². The van der Waals surface area contributed by atoms with Gasteiger partial charge < -0.3 is 10.6 Å². The lowest BCUT2D eigenvalue weighted by Gasteiger charge is -2.22. The molecule has 1 heterocycles. The first-order valence-corrected chi connectivity index (χ1v) is 10.0. The molecule has 1 aliphatic carbocycles. The molecule has 1 atom stereocenters. The molecule has 4 amide bonds. The zero-order valence-corrected chi connectivity index (χ0v) is 17.1. The van der Waals surface area contributed by atoms with Crippen LogP contribution in [0.3, 0.4) is 0 Å². The van der Waals surface area contributed by atoms with Gasteiger partial charge in [0.05, 0.1) is 0 Å². The predicted octanol–water partition coefficient (Wildman–Crippen LogP) is 3.54. The lowest BCUT2D eigenvalue weighted by Crippen LogP contribution is -2.43. The van der Waals surface area contributed by atoms with E-state index in [0.29, 0.717) is 17.9 Å². The molecule has 7 heteroatoms. The van der Waals surface area contributed by atoms with Gasteiger partial charge in [0.15, 0.2) is 0 Å². The Morgan fingerprint density at radius 1 is 1.28 bits per heavy atom. The highest BCUT2D eigenvalue weighted by atomic mass is 35.5. The summed E-state index contributed by atoms with van der Waals surface area (Å²) in [4.78, 5) is 39.5. The Labute approximate surface area is 174 Å². The zero-order chi connectivity index (χ0) is 20.8. The Morgan fingerprint density at radius 3 is 2.83 bits per heavy atom. The van der Waals surface area contributed by atoms with Gasteiger partial charge in [-0.05, 0) is 60.6 Å². The van der Waals surface area contributed by atoms with Crippen molar-refractivity contribution >= 4 is 35.1 Å². The standard InChI is InChI=1S/C22H22ClN3O3/c1-3-14-6-4-5-13(2)19(14)24-18(27)12-26-20(28)22(25-21(26)29)10-9-15-11-16(23)7-8-17(15)22/h4-8,11H,3,9-10,12H2,1-2H3,(H,24,27)(H,25,29)/t22-/m1/s1. The number of carbonyl (C=O) groups is 3. The first kappa shape index (κ1) is 19.5. The number of nitrogens with zero attached hydrogens (tertiary/aromatic N) is 1. The van der Waals surface area contributed by atoms with Crippen LogP contribution in [0.1, 0.15) is 35.6 Å². The number of para-hydroxylation sites is 1. The van der Waals surface area contributed by atoms with Crippen LogP contribution in [0.15, 0.2) is 36.4 Å². The van der Waals surface area contributed by atoms with Gasteiger partial charge in [-0.3, -0.25) is 14.5 Å². The minimum absolute atomic E-state index is 0.327. The van der Waals surface area contributed by atoms with Gasteiger partial charge in [-0.15, -0.1) is 0 Å². The molecule has 1 fully saturated rings. The molecule has 1 aliphatic heterocycles. The Balaban J connectivity index is 1.55. The molecule has 0 radical (unpaired) electrons. The monoisotopic (exact) mass is 411 g/mol. The second-order valence-electron chi connectivity index (χ2n) is 7.54. The molecule has 2 aromatic rings. The molecule has 2 aromatic carbocycles. The van der Waals surface area contributed by atoms with Crippen molar-refractivity contribution in [1.29, 1.82) is 0 Å². The van der Waals surface area contributed by atoms with Crippen molar-refractivity contribution in [3.8, 4) is 0 Å². The number of benzene rings is 2. The molecule has 0 saturated carbocycles. The molecule has 1 saturated heterocycles. The number of anilines is 1. The maximum atomic E-state index is 13.2. The lowest BCUT2D eigenvalue weighted by atomic mass is 9.92. The number of imide groups is 1. The van der Waals surface area contributed by atoms with Gasteiger partial charge in [-0.2, -0.15) is 0 Å². The van der Waals surface area contributed by atoms with Gasteiger partial charge in [0.2, 0.25) is 5.91 Å². The number of hydrogen-bond donors (Lipinski definition) is 2. The average molecular weight is 412 g/mol. The number of aryl methyl sites for hydroxylation is 3. The van der Waals surface area contributed by atoms with Gasteiger partial charge in [-0.25, -0.2) is 4.79 Å². The molecule has 0 unspecified atom stereocenters. The molecule has 1 spiro atoms. The summed E-state index contributed by atoms with van der Waals surface area (Å²) in [5.74, 6) is -0.789. The van der Waals surface area contributed by atoms with Crippen molar-refractivity contribution < 1.29 is 14.4 Å². The third-order valence-corrected chi connectivity index (χ3v) is 6.01. The lowest BCUT2D eigenvalue weighted by molar-refractivity contribution is -0.134. The number of halogens is 1. The minimum atomic E-state index is -1.10. The molecule has 2 aliphatic rings. The van der Waals surface area contributed by atoms with E-state index in [1.54, 1.807) is 12.1 Å². The summed E-state index contributed by atoms with van der Waals surface area (Å²) in [5, 5.41) is 6.29. The molecule has 0 bridgehead atoms. The zero-order valence-electron chi connectivity index (χ0n) is 16.3. The van der Waals surface area contributed by atoms with Crippen molar-refractivity contribution in [1.82, 2.24) is 10.2 Å². The summed E-state index contributed by atoms with van der Waals surface area (Å²) in [6, 6.07) is 10.6. The highest BCUT2D eigenvalue weighted by molar-refractivity contribution is 6.30. The maximum Gasteiger partial charge on any atom is 0.325 e. The third kappa shape index (κ3) is 3.17. The van der Waals surface area contributed by atoms with Gasteiger partial charge in [-0.1, -0.05) is 42.8 Å². The largest absolute Gasteiger partial charge is 0.325 e. The summed E-state index contributed by atoms with van der Waals surface area (Å²) in [7, 11) is 0. The van der Waals surface area contributed by atoms with E-state index in [9.17, 15) is 14.4 Å². The van der Waals surface area contributed by atoms with E-state index in [0.717, 1.165) is 39.3 Å². The topological polar surface area (TPSA) is 78.5 Å². The molecular weight excluding hydrogens is 390 g/mol. The first-order chi connectivity index (χ1) is 13.9. The fourth-order valence-corrected chi connectivity index (χ4v) is 4.48. The van der Waals surface area contributed by atoms with Crippen LogP contribution < -0.4 is 10.6 Å². The summed E-state index contributed by atoms with van der Waals surface area (Å²) in [6.07, 6.45) is 1.87. The van der Waals surface area contributed by atoms with Crippen molar-refractivity contribution in [2.75, 3.05) is 11.9 Å². The number of urea groups is 1. The van der Waals surface area contributed by atoms with Crippen LogP contribution in [0.4, 0.5) is 10.5 Å². The summed E-state index contributed by atoms with van der Waals surface area (Å²) >= 11 is 6.06. The van der Waals surface area contributed by atoms with Gasteiger partial charge in [0.1, 0.15) is 12.1 Å². The van der Waals surface area contributed by atoms with Crippen LogP contribution in [0.25, 0.3) is 0 Å². The van der Waals surface area contributed by atoms with Gasteiger partial charge in [0.25, 0.3) is 5.91 Å². The molecular formula is C22H22ClN3O3. The number of rotatable bonds is 4. The fourth-order valence-electron chi connectivity index (χ4n) is 4.29. The van der Waals surface area contributed by atoms with Gasteiger partial charge in [0, 0.05) is 10.7 Å². The number of nitrogens with one attached hydrogen (secondary N) is 2. The van der Waals surface area contributed by atoms with E-state index in [1.165, 1.54) is 0 Å². The van der Waals surface area contributed by atoms with Crippen LogP contribution >= 0.6 is 11.6 Å². The Hall–Kier alpha value is -2.86. The molecule has 6 nitrogen and oxygen atoms in total. The third-order valence-electron chi connectivity index (χ3n) is 5.78. The second-order valence-corrected chi connectivity index (χ2v) is 7.98. The van der Waals surface area contributed by atoms with Crippen molar-refractivity contribution in [3.63, 3.8) is 0 Å². The van der Waals surface area contributed by atoms with Crippen LogP contribution in [0.5, 0.6) is 0 Å². The van der Waals surface area contributed by atoms with E-state index >= 15 is 0 Å². The number of fused-ring (bicyclic) bond motifs is 2. The van der Waals surface area contributed by atoms with E-state index in [2.05, 4.69) is 10.6 Å². The highest BCUT2D eigenvalue weighted by Gasteiger charge is 2.55. The Kier molecular flexibility index (Phi) is 4.82. The smallest absolute Gasteiger partial charge is 0.324 e. The quantitative estimate of drug-likeness (QED) is 0.755. The second kappa shape index (κ2) is 7.19. The van der Waals surface area contributed by atoms with E-state index in [4.69, 9.17) is 11.6 Å². The fraction of sp³-hybridized carbons (Fsp3) is 0.318. The highest BCUT2D eigenvalue weighted by Crippen LogP contribution is 2.42. The maximum absolute atomic E-state index is 13.2. The number of carbonyl (C=O) groups excluding carboxylic acids is 3. The first-order valence-electron chi connectivity index (χ1n) is 9.67. The van der Waals surface area contributed by atoms with Crippen LogP contribution in [-0.4, -0.2) is 29.3 Å². The SMILES string of the molecule is CCc1cccc(C)c1NC(=O)CN1C(=O)N[C@@]2(CCc3cc(Cl)ccc32)C1=O. The van der Waals surface area contributed by atoms with E-state index < -0.39 is 17.5 Å². The van der Waals surface area contributed by atoms with E-state index in [-0.39, 0.29) is 12.5 Å². The summed E-state index contributed by atoms with van der Waals surface area (Å²) < 4.78 is 0. The Morgan fingerprint density at radius 2 is 2.07 bits per heavy atom. The summed E-state index contributed by atoms with van der Waals surface area (Å²) in [6.45, 7) is 3.60. The normalized spacial score (nSPS) is 20.2. The molecule has 2 N–H and O–H groups in total. The molecule has 150 valence electrons. The molecule has 4 rings (SSSR count). The average Bonchev–Trinajstić information content (AvgIpc) is 3.16. The molecule has 29 heavy (non-hydrogen) atoms.